The van der Waals surface area contributed by atoms with Crippen LogP contribution in [0.1, 0.15) is 37.6 Å². The normalized spacial score (nSPS) is 12.5. The van der Waals surface area contributed by atoms with E-state index >= 15 is 0 Å². The van der Waals surface area contributed by atoms with Crippen LogP contribution in [0.4, 0.5) is 0 Å². The Hall–Kier alpha value is -1.72. The van der Waals surface area contributed by atoms with Crippen LogP contribution in [0.25, 0.3) is 0 Å². The fourth-order valence-electron chi connectivity index (χ4n) is 2.07. The molecule has 0 saturated heterocycles. The van der Waals surface area contributed by atoms with Gasteiger partial charge >= 0.3 is 0 Å². The van der Waals surface area contributed by atoms with E-state index in [0.29, 0.717) is 6.61 Å². The molecule has 0 fully saturated rings. The summed E-state index contributed by atoms with van der Waals surface area (Å²) in [6.45, 7) is 7.34. The van der Waals surface area contributed by atoms with Crippen molar-refractivity contribution in [1.82, 2.24) is 20.3 Å². The Morgan fingerprint density at radius 2 is 2.10 bits per heavy atom. The lowest BCUT2D eigenvalue weighted by Gasteiger charge is -2.13. The van der Waals surface area contributed by atoms with Gasteiger partial charge in [-0.2, -0.15) is 0 Å². The molecule has 1 atom stereocenters. The molecular formula is C16H24N4O. The summed E-state index contributed by atoms with van der Waals surface area (Å²) in [5.74, 6) is 0. The maximum atomic E-state index is 5.84. The molecule has 0 amide bonds. The van der Waals surface area contributed by atoms with E-state index in [4.69, 9.17) is 4.74 Å². The maximum absolute atomic E-state index is 5.84. The van der Waals surface area contributed by atoms with E-state index < -0.39 is 0 Å². The van der Waals surface area contributed by atoms with Crippen LogP contribution >= 0.6 is 0 Å². The number of benzene rings is 1. The lowest BCUT2D eigenvalue weighted by Crippen LogP contribution is -2.14. The average molecular weight is 288 g/mol. The molecule has 0 bridgehead atoms. The highest BCUT2D eigenvalue weighted by Crippen LogP contribution is 2.15. The van der Waals surface area contributed by atoms with Crippen LogP contribution in [0.5, 0.6) is 0 Å². The minimum absolute atomic E-state index is 0.0976. The molecule has 0 radical (unpaired) electrons. The van der Waals surface area contributed by atoms with E-state index in [1.807, 2.05) is 29.1 Å². The standard InChI is InChI=1S/C16H24N4O/c1-3-9-17-12-16-13-20(19-18-16)10-11-21-14(2)15-7-5-4-6-8-15/h4-8,13-14,17H,3,9-12H2,1-2H3. The molecule has 1 aromatic heterocycles. The molecule has 2 rings (SSSR count). The Labute approximate surface area is 126 Å². The summed E-state index contributed by atoms with van der Waals surface area (Å²) < 4.78 is 7.67. The highest BCUT2D eigenvalue weighted by molar-refractivity contribution is 5.16. The molecule has 0 spiro atoms. The zero-order valence-electron chi connectivity index (χ0n) is 12.8. The van der Waals surface area contributed by atoms with Crippen LogP contribution in [0.2, 0.25) is 0 Å². The van der Waals surface area contributed by atoms with Crippen molar-refractivity contribution in [2.45, 2.75) is 39.5 Å². The first-order valence-corrected chi connectivity index (χ1v) is 7.56. The summed E-state index contributed by atoms with van der Waals surface area (Å²) in [4.78, 5) is 0. The second-order valence-electron chi connectivity index (χ2n) is 5.07. The molecule has 0 aliphatic rings. The average Bonchev–Trinajstić information content (AvgIpc) is 2.96. The number of nitrogens with one attached hydrogen (secondary N) is 1. The van der Waals surface area contributed by atoms with Crippen LogP contribution in [-0.2, 0) is 17.8 Å². The van der Waals surface area contributed by atoms with Crippen LogP contribution in [0.15, 0.2) is 36.5 Å². The Morgan fingerprint density at radius 1 is 1.29 bits per heavy atom. The quantitative estimate of drug-likeness (QED) is 0.721. The van der Waals surface area contributed by atoms with Gasteiger partial charge in [0.05, 0.1) is 24.9 Å². The van der Waals surface area contributed by atoms with Crippen LogP contribution < -0.4 is 5.32 Å². The Morgan fingerprint density at radius 3 is 2.86 bits per heavy atom. The summed E-state index contributed by atoms with van der Waals surface area (Å²) in [5, 5.41) is 11.6. The maximum Gasteiger partial charge on any atom is 0.0964 e. The molecule has 5 nitrogen and oxygen atoms in total. The zero-order valence-corrected chi connectivity index (χ0v) is 12.8. The summed E-state index contributed by atoms with van der Waals surface area (Å²) >= 11 is 0. The summed E-state index contributed by atoms with van der Waals surface area (Å²) in [7, 11) is 0. The smallest absolute Gasteiger partial charge is 0.0964 e. The van der Waals surface area contributed by atoms with E-state index in [1.54, 1.807) is 0 Å². The molecule has 0 aliphatic carbocycles. The van der Waals surface area contributed by atoms with Crippen molar-refractivity contribution in [3.8, 4) is 0 Å². The van der Waals surface area contributed by atoms with E-state index in [9.17, 15) is 0 Å². The van der Waals surface area contributed by atoms with E-state index in [0.717, 1.165) is 31.7 Å². The van der Waals surface area contributed by atoms with Gasteiger partial charge in [0.1, 0.15) is 0 Å². The Kier molecular flexibility index (Phi) is 6.37. The van der Waals surface area contributed by atoms with E-state index in [2.05, 4.69) is 41.6 Å². The van der Waals surface area contributed by atoms with Gasteiger partial charge in [-0.25, -0.2) is 4.68 Å². The highest BCUT2D eigenvalue weighted by atomic mass is 16.5. The van der Waals surface area contributed by atoms with Gasteiger partial charge < -0.3 is 10.1 Å². The van der Waals surface area contributed by atoms with Gasteiger partial charge in [0, 0.05) is 12.7 Å². The van der Waals surface area contributed by atoms with Crippen molar-refractivity contribution in [1.29, 1.82) is 0 Å². The topological polar surface area (TPSA) is 52.0 Å². The zero-order chi connectivity index (χ0) is 14.9. The first-order valence-electron chi connectivity index (χ1n) is 7.56. The van der Waals surface area contributed by atoms with Crippen molar-refractivity contribution in [2.24, 2.45) is 0 Å². The molecule has 0 saturated carbocycles. The molecule has 1 unspecified atom stereocenters. The summed E-state index contributed by atoms with van der Waals surface area (Å²) in [6, 6.07) is 10.2. The molecule has 0 aliphatic heterocycles. The van der Waals surface area contributed by atoms with Gasteiger partial charge in [0.15, 0.2) is 0 Å². The van der Waals surface area contributed by atoms with Crippen molar-refractivity contribution in [3.63, 3.8) is 0 Å². The molecule has 2 aromatic rings. The fourth-order valence-corrected chi connectivity index (χ4v) is 2.07. The Balaban J connectivity index is 1.71. The third kappa shape index (κ3) is 5.28. The summed E-state index contributed by atoms with van der Waals surface area (Å²) in [6.07, 6.45) is 3.19. The fraction of sp³-hybridized carbons (Fsp3) is 0.500. The Bertz CT molecular complexity index is 512. The number of hydrogen-bond acceptors (Lipinski definition) is 4. The molecule has 5 heteroatoms. The number of hydrogen-bond donors (Lipinski definition) is 1. The number of ether oxygens (including phenoxy) is 1. The van der Waals surface area contributed by atoms with Gasteiger partial charge in [-0.15, -0.1) is 5.10 Å². The number of aromatic nitrogens is 3. The largest absolute Gasteiger partial charge is 0.372 e. The molecule has 1 aromatic carbocycles. The van der Waals surface area contributed by atoms with Gasteiger partial charge in [-0.3, -0.25) is 0 Å². The highest BCUT2D eigenvalue weighted by Gasteiger charge is 2.05. The first kappa shape index (κ1) is 15.7. The second-order valence-corrected chi connectivity index (χ2v) is 5.07. The molecule has 1 heterocycles. The minimum Gasteiger partial charge on any atom is -0.372 e. The van der Waals surface area contributed by atoms with Gasteiger partial charge in [-0.1, -0.05) is 42.5 Å². The van der Waals surface area contributed by atoms with Crippen molar-refractivity contribution >= 4 is 0 Å². The van der Waals surface area contributed by atoms with Crippen molar-refractivity contribution < 1.29 is 4.74 Å². The second kappa shape index (κ2) is 8.54. The third-order valence-electron chi connectivity index (χ3n) is 3.28. The monoisotopic (exact) mass is 288 g/mol. The lowest BCUT2D eigenvalue weighted by molar-refractivity contribution is 0.0580. The molecule has 1 N–H and O–H groups in total. The molecule has 21 heavy (non-hydrogen) atoms. The molecule has 114 valence electrons. The minimum atomic E-state index is 0.0976. The van der Waals surface area contributed by atoms with E-state index in [-0.39, 0.29) is 6.10 Å². The summed E-state index contributed by atoms with van der Waals surface area (Å²) in [5.41, 5.74) is 2.17. The number of rotatable bonds is 9. The lowest BCUT2D eigenvalue weighted by atomic mass is 10.1. The van der Waals surface area contributed by atoms with Gasteiger partial charge in [-0.05, 0) is 25.5 Å². The van der Waals surface area contributed by atoms with Gasteiger partial charge in [0.25, 0.3) is 0 Å². The predicted octanol–water partition coefficient (Wildman–Crippen LogP) is 2.56. The third-order valence-corrected chi connectivity index (χ3v) is 3.28. The van der Waals surface area contributed by atoms with E-state index in [1.165, 1.54) is 5.56 Å². The number of nitrogens with zero attached hydrogens (tertiary/aromatic N) is 3. The molecular weight excluding hydrogens is 264 g/mol. The van der Waals surface area contributed by atoms with Gasteiger partial charge in [0.2, 0.25) is 0 Å². The van der Waals surface area contributed by atoms with Crippen LogP contribution in [-0.4, -0.2) is 28.1 Å². The van der Waals surface area contributed by atoms with Crippen LogP contribution in [0, 0.1) is 0 Å². The SMILES string of the molecule is CCCNCc1cn(CCOC(C)c2ccccc2)nn1. The van der Waals surface area contributed by atoms with Crippen molar-refractivity contribution in [3.05, 3.63) is 47.8 Å². The van der Waals surface area contributed by atoms with Crippen LogP contribution in [0.3, 0.4) is 0 Å². The predicted molar refractivity (Wildman–Crippen MR) is 82.8 cm³/mol. The first-order chi connectivity index (χ1) is 10.3. The van der Waals surface area contributed by atoms with Crippen molar-refractivity contribution in [2.75, 3.05) is 13.2 Å².